The van der Waals surface area contributed by atoms with Gasteiger partial charge in [-0.3, -0.25) is 14.4 Å². The van der Waals surface area contributed by atoms with Crippen molar-refractivity contribution in [1.82, 2.24) is 10.2 Å². The lowest BCUT2D eigenvalue weighted by atomic mass is 9.74. The summed E-state index contributed by atoms with van der Waals surface area (Å²) in [4.78, 5) is 43.3. The summed E-state index contributed by atoms with van der Waals surface area (Å²) in [6.07, 6.45) is -8.43. The lowest BCUT2D eigenvalue weighted by Gasteiger charge is -2.50. The summed E-state index contributed by atoms with van der Waals surface area (Å²) in [6.45, 7) is 17.8. The van der Waals surface area contributed by atoms with Gasteiger partial charge in [0.15, 0.2) is 12.6 Å². The Morgan fingerprint density at radius 1 is 0.909 bits per heavy atom. The minimum atomic E-state index is -2.01. The number of methoxy groups -OCH3 is 2. The smallest absolute Gasteiger partial charge is 0.311 e. The Kier molecular flexibility index (Phi) is 20.1. The minimum absolute atomic E-state index is 0.0534. The third-order valence-electron chi connectivity index (χ3n) is 14.7. The number of aliphatic hydroxyl groups excluding tert-OH is 3. The number of hydrogen-bond acceptors (Lipinski definition) is 15. The number of rotatable bonds is 15. The molecule has 18 atom stereocenters. The Bertz CT molecular complexity index is 1720. The maximum absolute atomic E-state index is 14.4. The lowest BCUT2D eigenvalue weighted by molar-refractivity contribution is -0.319. The molecule has 0 aliphatic carbocycles. The van der Waals surface area contributed by atoms with Crippen molar-refractivity contribution < 1.29 is 72.4 Å². The monoisotopic (exact) mass is 941 g/mol. The van der Waals surface area contributed by atoms with Crippen LogP contribution in [0.3, 0.4) is 0 Å². The van der Waals surface area contributed by atoms with Crippen LogP contribution < -0.4 is 5.32 Å². The van der Waals surface area contributed by atoms with Crippen molar-refractivity contribution in [2.75, 3.05) is 34.4 Å². The highest BCUT2D eigenvalue weighted by Crippen LogP contribution is 2.42. The SMILES string of the molecule is CC[C@H]1OC(=O)[C@H](C)[C@@H](O[C@H]2C[C@@](C)(OC)[C@@H](O)[C@H](C)O2)[C@H](C)[C@@H](O[C@@H]2O[C@H](C)C[C@H](N(C)CCCC(=O)NCCc3ccc(F)cc3)[C@H]2O)[C@](C)(OC)C[C@@H](C)C(=O)[C@H](C)[C@@H](O)[C@]1(C)O. The fourth-order valence-electron chi connectivity index (χ4n) is 10.2. The first-order chi connectivity index (χ1) is 30.8. The topological polar surface area (TPSA) is 212 Å². The molecule has 378 valence electrons. The highest BCUT2D eigenvalue weighted by Gasteiger charge is 2.54. The van der Waals surface area contributed by atoms with Crippen molar-refractivity contribution in [3.8, 4) is 0 Å². The van der Waals surface area contributed by atoms with Gasteiger partial charge in [0.2, 0.25) is 5.91 Å². The van der Waals surface area contributed by atoms with Crippen molar-refractivity contribution in [3.63, 3.8) is 0 Å². The number of nitrogens with zero attached hydrogens (tertiary/aromatic N) is 1. The van der Waals surface area contributed by atoms with Gasteiger partial charge in [-0.25, -0.2) is 4.39 Å². The molecule has 1 aromatic carbocycles. The molecule has 0 radical (unpaired) electrons. The van der Waals surface area contributed by atoms with Gasteiger partial charge in [-0.05, 0) is 105 Å². The summed E-state index contributed by atoms with van der Waals surface area (Å²) in [5.41, 5.74) is -3.50. The summed E-state index contributed by atoms with van der Waals surface area (Å²) in [5.74, 6) is -5.22. The van der Waals surface area contributed by atoms with Crippen LogP contribution in [0.15, 0.2) is 24.3 Å². The van der Waals surface area contributed by atoms with Gasteiger partial charge in [-0.2, -0.15) is 0 Å². The summed E-state index contributed by atoms with van der Waals surface area (Å²) in [5, 5.41) is 49.4. The molecule has 4 rings (SSSR count). The number of Topliss-reactive ketones (excluding diaryl/α,β-unsaturated/α-hetero) is 1. The van der Waals surface area contributed by atoms with Crippen LogP contribution in [0.5, 0.6) is 0 Å². The third-order valence-corrected chi connectivity index (χ3v) is 14.7. The van der Waals surface area contributed by atoms with Gasteiger partial charge in [-0.15, -0.1) is 0 Å². The number of esters is 1. The predicted molar refractivity (Wildman–Crippen MR) is 242 cm³/mol. The summed E-state index contributed by atoms with van der Waals surface area (Å²) in [7, 11) is 4.85. The van der Waals surface area contributed by atoms with Crippen molar-refractivity contribution in [3.05, 3.63) is 35.6 Å². The first-order valence-electron chi connectivity index (χ1n) is 23.8. The molecule has 0 spiro atoms. The van der Waals surface area contributed by atoms with Crippen LogP contribution in [-0.2, 0) is 54.0 Å². The molecule has 3 heterocycles. The fourth-order valence-corrected chi connectivity index (χ4v) is 10.2. The van der Waals surface area contributed by atoms with Crippen molar-refractivity contribution in [1.29, 1.82) is 0 Å². The normalized spacial score (nSPS) is 41.0. The molecule has 66 heavy (non-hydrogen) atoms. The zero-order chi connectivity index (χ0) is 49.5. The van der Waals surface area contributed by atoms with Gasteiger partial charge >= 0.3 is 5.97 Å². The highest BCUT2D eigenvalue weighted by molar-refractivity contribution is 5.83. The van der Waals surface area contributed by atoms with E-state index in [9.17, 15) is 39.2 Å². The van der Waals surface area contributed by atoms with E-state index in [2.05, 4.69) is 5.32 Å². The van der Waals surface area contributed by atoms with Crippen molar-refractivity contribution in [2.24, 2.45) is 23.7 Å². The number of cyclic esters (lactones) is 1. The van der Waals surface area contributed by atoms with Crippen LogP contribution in [-0.4, -0.2) is 162 Å². The highest BCUT2D eigenvalue weighted by atomic mass is 19.1. The molecule has 1 aromatic rings. The van der Waals surface area contributed by atoms with Gasteiger partial charge in [0, 0.05) is 57.4 Å². The number of ketones is 1. The van der Waals surface area contributed by atoms with E-state index < -0.39 is 108 Å². The molecule has 17 heteroatoms. The first-order valence-corrected chi connectivity index (χ1v) is 23.8. The molecule has 3 fully saturated rings. The number of nitrogens with one attached hydrogen (secondary N) is 1. The van der Waals surface area contributed by atoms with Gasteiger partial charge in [0.25, 0.3) is 0 Å². The van der Waals surface area contributed by atoms with Gasteiger partial charge in [0.1, 0.15) is 35.5 Å². The number of ether oxygens (including phenoxy) is 7. The van der Waals surface area contributed by atoms with Crippen molar-refractivity contribution in [2.45, 2.75) is 198 Å². The largest absolute Gasteiger partial charge is 0.459 e. The molecule has 3 saturated heterocycles. The van der Waals surface area contributed by atoms with Gasteiger partial charge in [0.05, 0.1) is 47.6 Å². The molecule has 5 N–H and O–H groups in total. The molecule has 0 unspecified atom stereocenters. The molecule has 3 aliphatic rings. The lowest BCUT2D eigenvalue weighted by Crippen LogP contribution is -2.61. The molecular formula is C49H81FN2O14. The molecule has 0 bridgehead atoms. The fraction of sp³-hybridized carbons (Fsp3) is 0.816. The standard InChI is InChI=1S/C49H81FN2O14/c1-14-36-49(10,59)42(56)29(4)39(54)27(2)25-48(9,61-13)44(30(5)41(31(6)45(58)64-36)65-38-26-47(8,60-12)43(57)32(7)63-38)66-46-40(55)35(24-28(3)62-46)52(11)23-15-16-37(53)51-22-21-33-17-19-34(50)20-18-33/h17-20,27-32,35-36,38,40-44,46,55-57,59H,14-16,21-26H2,1-13H3,(H,51,53)/t27-,28-,29+,30+,31-,32+,35+,36-,38+,40-,41+,42-,43+,44-,46+,47-,48-,49-/m1/s1. The Hall–Kier alpha value is -2.68. The first kappa shape index (κ1) is 55.9. The number of benzene rings is 1. The second kappa shape index (κ2) is 23.8. The molecule has 1 amide bonds. The molecule has 3 aliphatic heterocycles. The van der Waals surface area contributed by atoms with Gasteiger partial charge < -0.3 is 63.8 Å². The van der Waals surface area contributed by atoms with E-state index in [1.807, 2.05) is 25.8 Å². The number of carbonyl (C=O) groups excluding carboxylic acids is 3. The number of likely N-dealkylation sites (N-methyl/N-ethyl adjacent to an activating group) is 1. The predicted octanol–water partition coefficient (Wildman–Crippen LogP) is 4.09. The second-order valence-electron chi connectivity index (χ2n) is 20.0. The Labute approximate surface area is 391 Å². The van der Waals surface area contributed by atoms with Crippen LogP contribution in [0.25, 0.3) is 0 Å². The van der Waals surface area contributed by atoms with Crippen LogP contribution in [0.4, 0.5) is 4.39 Å². The Balaban J connectivity index is 1.66. The zero-order valence-electron chi connectivity index (χ0n) is 41.5. The van der Waals surface area contributed by atoms with Crippen LogP contribution >= 0.6 is 0 Å². The quantitative estimate of drug-likeness (QED) is 0.157. The van der Waals surface area contributed by atoms with E-state index in [0.717, 1.165) is 5.56 Å². The maximum atomic E-state index is 14.4. The Morgan fingerprint density at radius 2 is 1.55 bits per heavy atom. The van der Waals surface area contributed by atoms with Crippen LogP contribution in [0, 0.1) is 29.5 Å². The van der Waals surface area contributed by atoms with E-state index >= 15 is 0 Å². The summed E-state index contributed by atoms with van der Waals surface area (Å²) in [6, 6.07) is 5.71. The van der Waals surface area contributed by atoms with Gasteiger partial charge in [-0.1, -0.05) is 39.8 Å². The number of aliphatic hydroxyl groups is 4. The number of hydrogen-bond donors (Lipinski definition) is 5. The maximum Gasteiger partial charge on any atom is 0.311 e. The third kappa shape index (κ3) is 13.3. The van der Waals surface area contributed by atoms with E-state index in [-0.39, 0.29) is 49.3 Å². The van der Waals surface area contributed by atoms with E-state index in [4.69, 9.17) is 33.2 Å². The number of carbonyl (C=O) groups is 3. The van der Waals surface area contributed by atoms with E-state index in [1.165, 1.54) is 40.2 Å². The summed E-state index contributed by atoms with van der Waals surface area (Å²) >= 11 is 0. The average molecular weight is 941 g/mol. The van der Waals surface area contributed by atoms with Crippen LogP contribution in [0.2, 0.25) is 0 Å². The molecule has 0 aromatic heterocycles. The second-order valence-corrected chi connectivity index (χ2v) is 20.0. The van der Waals surface area contributed by atoms with E-state index in [1.54, 1.807) is 53.7 Å². The number of amides is 1. The number of halogens is 1. The zero-order valence-corrected chi connectivity index (χ0v) is 41.5. The molecular weight excluding hydrogens is 860 g/mol. The Morgan fingerprint density at radius 3 is 2.15 bits per heavy atom. The van der Waals surface area contributed by atoms with E-state index in [0.29, 0.717) is 32.4 Å². The minimum Gasteiger partial charge on any atom is -0.459 e. The molecule has 0 saturated carbocycles. The van der Waals surface area contributed by atoms with Crippen LogP contribution in [0.1, 0.15) is 113 Å². The molecule has 16 nitrogen and oxygen atoms in total. The summed E-state index contributed by atoms with van der Waals surface area (Å²) < 4.78 is 57.7. The van der Waals surface area contributed by atoms with Crippen molar-refractivity contribution >= 4 is 17.7 Å². The average Bonchev–Trinajstić information content (AvgIpc) is 3.27.